The molecule has 0 unspecified atom stereocenters. The fraction of sp³-hybridized carbons (Fsp3) is 0.267. The minimum Gasteiger partial charge on any atom is -0.338 e. The van der Waals surface area contributed by atoms with E-state index >= 15 is 0 Å². The van der Waals surface area contributed by atoms with E-state index in [-0.39, 0.29) is 0 Å². The lowest BCUT2D eigenvalue weighted by Gasteiger charge is -2.38. The number of anilines is 1. The molecule has 0 spiro atoms. The Morgan fingerprint density at radius 2 is 2.05 bits per heavy atom. The van der Waals surface area contributed by atoms with Gasteiger partial charge >= 0.3 is 0 Å². The average molecular weight is 282 g/mol. The summed E-state index contributed by atoms with van der Waals surface area (Å²) in [5.74, 6) is 0.833. The van der Waals surface area contributed by atoms with Crippen LogP contribution >= 0.6 is 11.3 Å². The summed E-state index contributed by atoms with van der Waals surface area (Å²) in [5.41, 5.74) is 4.78. The Labute approximate surface area is 121 Å². The number of hydrogen-bond donors (Lipinski definition) is 0. The van der Waals surface area contributed by atoms with Crippen LogP contribution in [0.3, 0.4) is 0 Å². The quantitative estimate of drug-likeness (QED) is 0.723. The number of hydrogen-bond acceptors (Lipinski definition) is 5. The van der Waals surface area contributed by atoms with Crippen molar-refractivity contribution in [1.29, 1.82) is 0 Å². The Bertz CT molecular complexity index is 753. The van der Waals surface area contributed by atoms with Gasteiger partial charge in [0.2, 0.25) is 5.95 Å². The molecular weight excluding hydrogens is 268 g/mol. The van der Waals surface area contributed by atoms with Crippen LogP contribution in [0.4, 0.5) is 5.95 Å². The Balaban J connectivity index is 1.92. The molecule has 3 heterocycles. The molecule has 3 aromatic rings. The third-order valence-corrected chi connectivity index (χ3v) is 4.53. The molecule has 1 aromatic carbocycles. The van der Waals surface area contributed by atoms with Gasteiger partial charge in [-0.25, -0.2) is 9.97 Å². The molecule has 0 bridgehead atoms. The minimum atomic E-state index is 0.531. The highest BCUT2D eigenvalue weighted by Crippen LogP contribution is 2.31. The molecule has 0 amide bonds. The monoisotopic (exact) mass is 282 g/mol. The predicted molar refractivity (Wildman–Crippen MR) is 82.1 cm³/mol. The first-order valence-electron chi connectivity index (χ1n) is 6.76. The first-order chi connectivity index (χ1) is 9.83. The highest BCUT2D eigenvalue weighted by molar-refractivity contribution is 7.16. The van der Waals surface area contributed by atoms with Crippen LogP contribution in [0.2, 0.25) is 0 Å². The molecular formula is C15H14N4S. The number of rotatable bonds is 2. The zero-order chi connectivity index (χ0) is 13.5. The van der Waals surface area contributed by atoms with Gasteiger partial charge in [-0.1, -0.05) is 30.3 Å². The van der Waals surface area contributed by atoms with Gasteiger partial charge in [0.15, 0.2) is 0 Å². The summed E-state index contributed by atoms with van der Waals surface area (Å²) < 4.78 is 0. The lowest BCUT2D eigenvalue weighted by molar-refractivity contribution is 0.471. The molecule has 1 fully saturated rings. The lowest BCUT2D eigenvalue weighted by Crippen LogP contribution is -2.46. The fourth-order valence-electron chi connectivity index (χ4n) is 2.49. The molecule has 0 aliphatic carbocycles. The first kappa shape index (κ1) is 11.8. The molecule has 2 aromatic heterocycles. The molecule has 1 aliphatic heterocycles. The molecule has 0 N–H and O–H groups in total. The van der Waals surface area contributed by atoms with Gasteiger partial charge in [-0.2, -0.15) is 4.98 Å². The number of fused-ring (bicyclic) bond motifs is 1. The Morgan fingerprint density at radius 3 is 2.75 bits per heavy atom. The zero-order valence-corrected chi connectivity index (χ0v) is 12.0. The SMILES string of the molecule is C[C@H]1CCN1c1nc(-c2ccccc2)c2ncsc2n1. The first-order valence-corrected chi connectivity index (χ1v) is 7.64. The summed E-state index contributed by atoms with van der Waals surface area (Å²) in [4.78, 5) is 17.1. The maximum absolute atomic E-state index is 4.77. The highest BCUT2D eigenvalue weighted by atomic mass is 32.1. The third-order valence-electron chi connectivity index (χ3n) is 3.81. The predicted octanol–water partition coefficient (Wildman–Crippen LogP) is 3.35. The van der Waals surface area contributed by atoms with Crippen LogP contribution in [-0.2, 0) is 0 Å². The summed E-state index contributed by atoms with van der Waals surface area (Å²) in [7, 11) is 0. The van der Waals surface area contributed by atoms with E-state index in [4.69, 9.17) is 4.98 Å². The standard InChI is InChI=1S/C15H14N4S/c1-10-7-8-19(10)15-17-12(11-5-3-2-4-6-11)13-14(18-15)20-9-16-13/h2-6,9-10H,7-8H2,1H3/t10-/m0/s1. The number of nitrogens with zero attached hydrogens (tertiary/aromatic N) is 4. The van der Waals surface area contributed by atoms with Gasteiger partial charge in [-0.15, -0.1) is 11.3 Å². The van der Waals surface area contributed by atoms with E-state index in [0.29, 0.717) is 6.04 Å². The van der Waals surface area contributed by atoms with Crippen LogP contribution in [0.1, 0.15) is 13.3 Å². The van der Waals surface area contributed by atoms with Gasteiger partial charge in [-0.3, -0.25) is 0 Å². The molecule has 5 heteroatoms. The highest BCUT2D eigenvalue weighted by Gasteiger charge is 2.27. The van der Waals surface area contributed by atoms with Crippen molar-refractivity contribution in [3.8, 4) is 11.3 Å². The molecule has 4 nitrogen and oxygen atoms in total. The van der Waals surface area contributed by atoms with E-state index in [2.05, 4.69) is 33.9 Å². The second kappa shape index (κ2) is 4.52. The summed E-state index contributed by atoms with van der Waals surface area (Å²) in [6.07, 6.45) is 1.21. The van der Waals surface area contributed by atoms with Crippen molar-refractivity contribution in [1.82, 2.24) is 15.0 Å². The maximum atomic E-state index is 4.77. The minimum absolute atomic E-state index is 0.531. The van der Waals surface area contributed by atoms with Crippen LogP contribution in [0.25, 0.3) is 21.6 Å². The topological polar surface area (TPSA) is 41.9 Å². The normalized spacial score (nSPS) is 18.2. The summed E-state index contributed by atoms with van der Waals surface area (Å²) in [6.45, 7) is 3.26. The molecule has 0 saturated carbocycles. The van der Waals surface area contributed by atoms with E-state index in [1.54, 1.807) is 11.3 Å². The van der Waals surface area contributed by atoms with E-state index in [9.17, 15) is 0 Å². The van der Waals surface area contributed by atoms with Crippen LogP contribution in [0.5, 0.6) is 0 Å². The smallest absolute Gasteiger partial charge is 0.227 e. The molecule has 1 atom stereocenters. The van der Waals surface area contributed by atoms with Crippen LogP contribution in [-0.4, -0.2) is 27.5 Å². The second-order valence-electron chi connectivity index (χ2n) is 5.08. The van der Waals surface area contributed by atoms with Gasteiger partial charge < -0.3 is 4.90 Å². The van der Waals surface area contributed by atoms with Gasteiger partial charge in [0.1, 0.15) is 16.0 Å². The lowest BCUT2D eigenvalue weighted by atomic mass is 10.1. The van der Waals surface area contributed by atoms with Crippen molar-refractivity contribution in [2.24, 2.45) is 0 Å². The van der Waals surface area contributed by atoms with Crippen molar-refractivity contribution in [2.75, 3.05) is 11.4 Å². The van der Waals surface area contributed by atoms with Crippen molar-refractivity contribution in [3.63, 3.8) is 0 Å². The van der Waals surface area contributed by atoms with Gasteiger partial charge in [-0.05, 0) is 13.3 Å². The van der Waals surface area contributed by atoms with E-state index in [1.165, 1.54) is 6.42 Å². The Kier molecular flexibility index (Phi) is 2.67. The summed E-state index contributed by atoms with van der Waals surface area (Å²) in [6, 6.07) is 10.8. The van der Waals surface area contributed by atoms with E-state index in [1.807, 2.05) is 23.7 Å². The van der Waals surface area contributed by atoms with E-state index in [0.717, 1.165) is 34.1 Å². The molecule has 100 valence electrons. The summed E-state index contributed by atoms with van der Waals surface area (Å²) >= 11 is 1.57. The zero-order valence-electron chi connectivity index (χ0n) is 11.2. The van der Waals surface area contributed by atoms with Crippen LogP contribution < -0.4 is 4.90 Å². The summed E-state index contributed by atoms with van der Waals surface area (Å²) in [5, 5.41) is 0. The van der Waals surface area contributed by atoms with Gasteiger partial charge in [0, 0.05) is 18.2 Å². The fourth-order valence-corrected chi connectivity index (χ4v) is 3.14. The van der Waals surface area contributed by atoms with Crippen LogP contribution in [0, 0.1) is 0 Å². The van der Waals surface area contributed by atoms with Gasteiger partial charge in [0.25, 0.3) is 0 Å². The third kappa shape index (κ3) is 1.78. The van der Waals surface area contributed by atoms with Crippen molar-refractivity contribution >= 4 is 27.6 Å². The maximum Gasteiger partial charge on any atom is 0.227 e. The number of thiazole rings is 1. The van der Waals surface area contributed by atoms with Crippen molar-refractivity contribution < 1.29 is 0 Å². The molecule has 0 radical (unpaired) electrons. The molecule has 1 aliphatic rings. The van der Waals surface area contributed by atoms with E-state index < -0.39 is 0 Å². The number of aromatic nitrogens is 3. The second-order valence-corrected chi connectivity index (χ2v) is 5.91. The molecule has 20 heavy (non-hydrogen) atoms. The van der Waals surface area contributed by atoms with Crippen molar-refractivity contribution in [2.45, 2.75) is 19.4 Å². The van der Waals surface area contributed by atoms with Gasteiger partial charge in [0.05, 0.1) is 5.51 Å². The largest absolute Gasteiger partial charge is 0.338 e. The van der Waals surface area contributed by atoms with Crippen LogP contribution in [0.15, 0.2) is 35.8 Å². The van der Waals surface area contributed by atoms with Crippen molar-refractivity contribution in [3.05, 3.63) is 35.8 Å². The Hall–Kier alpha value is -2.01. The number of benzene rings is 1. The molecule has 1 saturated heterocycles. The Morgan fingerprint density at radius 1 is 1.20 bits per heavy atom. The molecule has 4 rings (SSSR count). The average Bonchev–Trinajstić information content (AvgIpc) is 2.94.